The first-order valence-electron chi connectivity index (χ1n) is 6.07. The Bertz CT molecular complexity index is 629. The van der Waals surface area contributed by atoms with Gasteiger partial charge in [0.2, 0.25) is 5.91 Å². The SMILES string of the molecule is COC(=O)C(C)CS(=O)(=O)CC(=O)Nc1cccc(Cl)c1. The zero-order valence-electron chi connectivity index (χ0n) is 11.6. The Morgan fingerprint density at radius 2 is 2.05 bits per heavy atom. The smallest absolute Gasteiger partial charge is 0.309 e. The van der Waals surface area contributed by atoms with Crippen LogP contribution in [0.4, 0.5) is 5.69 Å². The number of ether oxygens (including phenoxy) is 1. The molecule has 0 saturated heterocycles. The first kappa shape index (κ1) is 17.5. The number of amides is 1. The van der Waals surface area contributed by atoms with Crippen LogP contribution in [0.25, 0.3) is 0 Å². The van der Waals surface area contributed by atoms with Gasteiger partial charge in [-0.25, -0.2) is 8.42 Å². The van der Waals surface area contributed by atoms with Crippen molar-refractivity contribution in [3.05, 3.63) is 29.3 Å². The summed E-state index contributed by atoms with van der Waals surface area (Å²) in [5.74, 6) is -3.29. The first-order valence-corrected chi connectivity index (χ1v) is 8.27. The predicted molar refractivity (Wildman–Crippen MR) is 79.9 cm³/mol. The predicted octanol–water partition coefficient (Wildman–Crippen LogP) is 1.50. The number of nitrogens with one attached hydrogen (secondary N) is 1. The van der Waals surface area contributed by atoms with Crippen LogP contribution in [0.5, 0.6) is 0 Å². The van der Waals surface area contributed by atoms with Crippen LogP contribution < -0.4 is 5.32 Å². The second-order valence-corrected chi connectivity index (χ2v) is 7.08. The Kier molecular flexibility index (Phi) is 6.17. The van der Waals surface area contributed by atoms with Gasteiger partial charge in [0.15, 0.2) is 9.84 Å². The van der Waals surface area contributed by atoms with Gasteiger partial charge in [-0.3, -0.25) is 9.59 Å². The van der Waals surface area contributed by atoms with Gasteiger partial charge in [0.05, 0.1) is 18.8 Å². The average Bonchev–Trinajstić information content (AvgIpc) is 2.36. The molecular formula is C13H16ClNO5S. The van der Waals surface area contributed by atoms with E-state index in [0.717, 1.165) is 0 Å². The molecule has 8 heteroatoms. The van der Waals surface area contributed by atoms with Gasteiger partial charge in [0.1, 0.15) is 5.75 Å². The van der Waals surface area contributed by atoms with Crippen molar-refractivity contribution in [1.29, 1.82) is 0 Å². The number of halogens is 1. The van der Waals surface area contributed by atoms with Crippen molar-refractivity contribution >= 4 is 39.0 Å². The summed E-state index contributed by atoms with van der Waals surface area (Å²) in [5, 5.41) is 2.86. The van der Waals surface area contributed by atoms with Crippen molar-refractivity contribution < 1.29 is 22.7 Å². The molecule has 21 heavy (non-hydrogen) atoms. The molecule has 0 fully saturated rings. The number of hydrogen-bond donors (Lipinski definition) is 1. The fourth-order valence-electron chi connectivity index (χ4n) is 1.67. The maximum atomic E-state index is 11.8. The Hall–Kier alpha value is -1.60. The second-order valence-electron chi connectivity index (χ2n) is 4.54. The average molecular weight is 334 g/mol. The van der Waals surface area contributed by atoms with Crippen LogP contribution in [-0.2, 0) is 24.2 Å². The van der Waals surface area contributed by atoms with E-state index in [1.54, 1.807) is 18.2 Å². The molecular weight excluding hydrogens is 318 g/mol. The number of carbonyl (C=O) groups is 2. The van der Waals surface area contributed by atoms with E-state index in [2.05, 4.69) is 10.1 Å². The number of benzene rings is 1. The molecule has 0 radical (unpaired) electrons. The molecule has 0 spiro atoms. The lowest BCUT2D eigenvalue weighted by molar-refractivity contribution is -0.144. The molecule has 1 N–H and O–H groups in total. The molecule has 0 bridgehead atoms. The highest BCUT2D eigenvalue weighted by atomic mass is 35.5. The van der Waals surface area contributed by atoms with E-state index in [-0.39, 0.29) is 0 Å². The van der Waals surface area contributed by atoms with Crippen molar-refractivity contribution in [2.75, 3.05) is 23.9 Å². The van der Waals surface area contributed by atoms with Gasteiger partial charge in [-0.05, 0) is 18.2 Å². The van der Waals surface area contributed by atoms with Crippen molar-refractivity contribution in [3.8, 4) is 0 Å². The molecule has 1 aromatic rings. The Morgan fingerprint density at radius 1 is 1.38 bits per heavy atom. The first-order chi connectivity index (χ1) is 9.73. The fourth-order valence-corrected chi connectivity index (χ4v) is 3.35. The molecule has 1 rings (SSSR count). The quantitative estimate of drug-likeness (QED) is 0.797. The molecule has 116 valence electrons. The maximum absolute atomic E-state index is 11.8. The molecule has 1 amide bonds. The van der Waals surface area contributed by atoms with Gasteiger partial charge in [0.25, 0.3) is 0 Å². The number of hydrogen-bond acceptors (Lipinski definition) is 5. The number of methoxy groups -OCH3 is 1. The third-order valence-electron chi connectivity index (χ3n) is 2.57. The number of anilines is 1. The van der Waals surface area contributed by atoms with Gasteiger partial charge in [0, 0.05) is 10.7 Å². The van der Waals surface area contributed by atoms with Gasteiger partial charge >= 0.3 is 5.97 Å². The minimum Gasteiger partial charge on any atom is -0.469 e. The van der Waals surface area contributed by atoms with Crippen molar-refractivity contribution in [1.82, 2.24) is 0 Å². The lowest BCUT2D eigenvalue weighted by Gasteiger charge is -2.10. The van der Waals surface area contributed by atoms with Crippen LogP contribution in [0.3, 0.4) is 0 Å². The lowest BCUT2D eigenvalue weighted by Crippen LogP contribution is -2.29. The molecule has 0 aromatic heterocycles. The van der Waals surface area contributed by atoms with Crippen LogP contribution in [-0.4, -0.2) is 38.9 Å². The lowest BCUT2D eigenvalue weighted by atomic mass is 10.2. The van der Waals surface area contributed by atoms with E-state index >= 15 is 0 Å². The Labute approximate surface area is 128 Å². The summed E-state index contributed by atoms with van der Waals surface area (Å²) < 4.78 is 28.1. The molecule has 0 aliphatic rings. The van der Waals surface area contributed by atoms with E-state index in [1.807, 2.05) is 0 Å². The van der Waals surface area contributed by atoms with E-state index in [0.29, 0.717) is 10.7 Å². The highest BCUT2D eigenvalue weighted by Crippen LogP contribution is 2.15. The van der Waals surface area contributed by atoms with Crippen LogP contribution in [0.1, 0.15) is 6.92 Å². The standard InChI is InChI=1S/C13H16ClNO5S/c1-9(13(17)20-2)7-21(18,19)8-12(16)15-11-5-3-4-10(14)6-11/h3-6,9H,7-8H2,1-2H3,(H,15,16). The largest absolute Gasteiger partial charge is 0.469 e. The minimum atomic E-state index is -3.71. The molecule has 0 aliphatic carbocycles. The summed E-state index contributed by atoms with van der Waals surface area (Å²) in [6.07, 6.45) is 0. The van der Waals surface area contributed by atoms with E-state index in [9.17, 15) is 18.0 Å². The fraction of sp³-hybridized carbons (Fsp3) is 0.385. The molecule has 0 aliphatic heterocycles. The molecule has 0 heterocycles. The number of rotatable bonds is 6. The van der Waals surface area contributed by atoms with Crippen LogP contribution in [0.2, 0.25) is 5.02 Å². The van der Waals surface area contributed by atoms with E-state index < -0.39 is 39.1 Å². The highest BCUT2D eigenvalue weighted by Gasteiger charge is 2.24. The summed E-state index contributed by atoms with van der Waals surface area (Å²) in [6.45, 7) is 1.43. The molecule has 1 unspecified atom stereocenters. The van der Waals surface area contributed by atoms with Gasteiger partial charge < -0.3 is 10.1 Å². The zero-order chi connectivity index (χ0) is 16.0. The third-order valence-corrected chi connectivity index (χ3v) is 4.51. The summed E-state index contributed by atoms with van der Waals surface area (Å²) >= 11 is 5.76. The number of sulfone groups is 1. The van der Waals surface area contributed by atoms with E-state index in [4.69, 9.17) is 11.6 Å². The summed E-state index contributed by atoms with van der Waals surface area (Å²) in [5.41, 5.74) is 0.406. The monoisotopic (exact) mass is 333 g/mol. The van der Waals surface area contributed by atoms with Crippen LogP contribution >= 0.6 is 11.6 Å². The number of carbonyl (C=O) groups excluding carboxylic acids is 2. The summed E-state index contributed by atoms with van der Waals surface area (Å²) in [4.78, 5) is 22.9. The Balaban J connectivity index is 2.63. The van der Waals surface area contributed by atoms with Gasteiger partial charge in [-0.15, -0.1) is 0 Å². The normalized spacial score (nSPS) is 12.5. The van der Waals surface area contributed by atoms with E-state index in [1.165, 1.54) is 20.1 Å². The zero-order valence-corrected chi connectivity index (χ0v) is 13.2. The topological polar surface area (TPSA) is 89.5 Å². The summed E-state index contributed by atoms with van der Waals surface area (Å²) in [6, 6.07) is 6.36. The van der Waals surface area contributed by atoms with Crippen LogP contribution in [0, 0.1) is 5.92 Å². The number of esters is 1. The molecule has 1 aromatic carbocycles. The van der Waals surface area contributed by atoms with Crippen LogP contribution in [0.15, 0.2) is 24.3 Å². The van der Waals surface area contributed by atoms with Crippen molar-refractivity contribution in [2.45, 2.75) is 6.92 Å². The van der Waals surface area contributed by atoms with Crippen molar-refractivity contribution in [2.24, 2.45) is 5.92 Å². The summed E-state index contributed by atoms with van der Waals surface area (Å²) in [7, 11) is -2.53. The van der Waals surface area contributed by atoms with Gasteiger partial charge in [-0.2, -0.15) is 0 Å². The van der Waals surface area contributed by atoms with Crippen molar-refractivity contribution in [3.63, 3.8) is 0 Å². The molecule has 6 nitrogen and oxygen atoms in total. The molecule has 0 saturated carbocycles. The molecule has 1 atom stereocenters. The highest BCUT2D eigenvalue weighted by molar-refractivity contribution is 7.92. The minimum absolute atomic E-state index is 0.406. The second kappa shape index (κ2) is 7.42. The maximum Gasteiger partial charge on any atom is 0.309 e. The van der Waals surface area contributed by atoms with Gasteiger partial charge in [-0.1, -0.05) is 24.6 Å². The Morgan fingerprint density at radius 3 is 2.62 bits per heavy atom. The third kappa shape index (κ3) is 6.14.